The van der Waals surface area contributed by atoms with Crippen molar-refractivity contribution in [3.05, 3.63) is 33.3 Å². The summed E-state index contributed by atoms with van der Waals surface area (Å²) in [4.78, 5) is 23.7. The summed E-state index contributed by atoms with van der Waals surface area (Å²) in [7, 11) is 1.65. The van der Waals surface area contributed by atoms with Crippen LogP contribution in [-0.4, -0.2) is 41.7 Å². The average molecular weight is 344 g/mol. The van der Waals surface area contributed by atoms with Crippen LogP contribution in [0.4, 0.5) is 16.2 Å². The maximum Gasteiger partial charge on any atom is 0.410 e. The Kier molecular flexibility index (Phi) is 6.62. The predicted octanol–water partition coefficient (Wildman–Crippen LogP) is 3.92. The molecular weight excluding hydrogens is 322 g/mol. The molecule has 0 saturated carbocycles. The minimum Gasteiger partial charge on any atom is -0.444 e. The highest BCUT2D eigenvalue weighted by molar-refractivity contribution is 6.30. The van der Waals surface area contributed by atoms with E-state index in [9.17, 15) is 14.9 Å². The maximum atomic E-state index is 11.8. The summed E-state index contributed by atoms with van der Waals surface area (Å²) in [6, 6.07) is 4.46. The van der Waals surface area contributed by atoms with Crippen molar-refractivity contribution in [1.82, 2.24) is 4.90 Å². The number of halogens is 1. The standard InChI is InChI=1S/C15H22ClN3O4/c1-15(2,3)23-14(20)18(4)9-5-8-17-12-7-6-11(16)10-13(12)19(21)22/h6-7,10,17H,5,8-9H2,1-4H3. The quantitative estimate of drug-likeness (QED) is 0.480. The molecule has 1 aromatic carbocycles. The SMILES string of the molecule is CN(CCCNc1ccc(Cl)cc1[N+](=O)[O-])C(=O)OC(C)(C)C. The number of nitrogens with zero attached hydrogens (tertiary/aromatic N) is 2. The number of benzene rings is 1. The van der Waals surface area contributed by atoms with Crippen molar-refractivity contribution in [1.29, 1.82) is 0 Å². The highest BCUT2D eigenvalue weighted by atomic mass is 35.5. The minimum absolute atomic E-state index is 0.0713. The van der Waals surface area contributed by atoms with Crippen molar-refractivity contribution >= 4 is 29.1 Å². The first-order valence-corrected chi connectivity index (χ1v) is 7.60. The number of anilines is 1. The highest BCUT2D eigenvalue weighted by Crippen LogP contribution is 2.27. The maximum absolute atomic E-state index is 11.8. The Bertz CT molecular complexity index is 572. The number of carbonyl (C=O) groups is 1. The number of amides is 1. The molecule has 0 aromatic heterocycles. The van der Waals surface area contributed by atoms with Crippen LogP contribution in [0.15, 0.2) is 18.2 Å². The van der Waals surface area contributed by atoms with Gasteiger partial charge in [-0.25, -0.2) is 4.79 Å². The van der Waals surface area contributed by atoms with E-state index in [1.807, 2.05) is 0 Å². The first-order chi connectivity index (χ1) is 10.6. The smallest absolute Gasteiger partial charge is 0.410 e. The van der Waals surface area contributed by atoms with Crippen LogP contribution in [-0.2, 0) is 4.74 Å². The van der Waals surface area contributed by atoms with Gasteiger partial charge in [-0.2, -0.15) is 0 Å². The summed E-state index contributed by atoms with van der Waals surface area (Å²) in [6.45, 7) is 6.37. The topological polar surface area (TPSA) is 84.7 Å². The van der Waals surface area contributed by atoms with Crippen LogP contribution in [0.25, 0.3) is 0 Å². The molecule has 0 atom stereocenters. The van der Waals surface area contributed by atoms with Gasteiger partial charge in [-0.3, -0.25) is 10.1 Å². The molecule has 8 heteroatoms. The number of carbonyl (C=O) groups excluding carboxylic acids is 1. The summed E-state index contributed by atoms with van der Waals surface area (Å²) < 4.78 is 5.24. The van der Waals surface area contributed by atoms with Crippen LogP contribution in [0.2, 0.25) is 5.02 Å². The number of nitrogens with one attached hydrogen (secondary N) is 1. The predicted molar refractivity (Wildman–Crippen MR) is 90.1 cm³/mol. The zero-order chi connectivity index (χ0) is 17.6. The van der Waals surface area contributed by atoms with E-state index in [0.717, 1.165) is 0 Å². The Balaban J connectivity index is 2.46. The zero-order valence-electron chi connectivity index (χ0n) is 13.8. The van der Waals surface area contributed by atoms with Gasteiger partial charge in [0.25, 0.3) is 5.69 Å². The number of hydrogen-bond donors (Lipinski definition) is 1. The summed E-state index contributed by atoms with van der Waals surface area (Å²) >= 11 is 5.76. The lowest BCUT2D eigenvalue weighted by Crippen LogP contribution is -2.35. The van der Waals surface area contributed by atoms with Gasteiger partial charge in [0, 0.05) is 31.2 Å². The number of ether oxygens (including phenoxy) is 1. The summed E-state index contributed by atoms with van der Waals surface area (Å²) in [6.07, 6.45) is 0.227. The third-order valence-electron chi connectivity index (χ3n) is 2.85. The monoisotopic (exact) mass is 343 g/mol. The third kappa shape index (κ3) is 6.73. The molecule has 0 heterocycles. The van der Waals surface area contributed by atoms with Crippen LogP contribution in [0.3, 0.4) is 0 Å². The van der Waals surface area contributed by atoms with E-state index < -0.39 is 16.6 Å². The molecule has 0 spiro atoms. The normalized spacial score (nSPS) is 11.0. The van der Waals surface area contributed by atoms with E-state index in [1.165, 1.54) is 11.0 Å². The first-order valence-electron chi connectivity index (χ1n) is 7.22. The molecule has 7 nitrogen and oxygen atoms in total. The van der Waals surface area contributed by atoms with Gasteiger partial charge in [-0.15, -0.1) is 0 Å². The van der Waals surface area contributed by atoms with E-state index in [0.29, 0.717) is 30.2 Å². The van der Waals surface area contributed by atoms with Crippen molar-refractivity contribution in [3.8, 4) is 0 Å². The third-order valence-corrected chi connectivity index (χ3v) is 3.08. The van der Waals surface area contributed by atoms with Crippen LogP contribution < -0.4 is 5.32 Å². The summed E-state index contributed by atoms with van der Waals surface area (Å²) in [5.74, 6) is 0. The number of rotatable bonds is 6. The van der Waals surface area contributed by atoms with E-state index in [-0.39, 0.29) is 5.69 Å². The molecule has 1 aromatic rings. The molecule has 23 heavy (non-hydrogen) atoms. The van der Waals surface area contributed by atoms with Gasteiger partial charge in [0.05, 0.1) is 4.92 Å². The molecular formula is C15H22ClN3O4. The number of nitro groups is 1. The molecule has 0 radical (unpaired) electrons. The minimum atomic E-state index is -0.534. The number of nitro benzene ring substituents is 1. The molecule has 0 aliphatic carbocycles. The molecule has 1 rings (SSSR count). The Labute approximate surface area is 140 Å². The molecule has 0 bridgehead atoms. The zero-order valence-corrected chi connectivity index (χ0v) is 14.5. The van der Waals surface area contributed by atoms with Crippen LogP contribution in [0.5, 0.6) is 0 Å². The Hall–Kier alpha value is -2.02. The van der Waals surface area contributed by atoms with E-state index in [4.69, 9.17) is 16.3 Å². The molecule has 1 N–H and O–H groups in total. The lowest BCUT2D eigenvalue weighted by Gasteiger charge is -2.24. The van der Waals surface area contributed by atoms with Gasteiger partial charge < -0.3 is 15.0 Å². The van der Waals surface area contributed by atoms with Crippen molar-refractivity contribution in [2.75, 3.05) is 25.5 Å². The lowest BCUT2D eigenvalue weighted by molar-refractivity contribution is -0.383. The van der Waals surface area contributed by atoms with Gasteiger partial charge >= 0.3 is 6.09 Å². The molecule has 0 aliphatic rings. The molecule has 128 valence electrons. The Morgan fingerprint density at radius 1 is 1.43 bits per heavy atom. The van der Waals surface area contributed by atoms with Crippen molar-refractivity contribution in [2.45, 2.75) is 32.8 Å². The van der Waals surface area contributed by atoms with Gasteiger partial charge in [0.1, 0.15) is 11.3 Å². The van der Waals surface area contributed by atoms with Gasteiger partial charge in [0.2, 0.25) is 0 Å². The van der Waals surface area contributed by atoms with E-state index in [1.54, 1.807) is 40.0 Å². The first kappa shape index (κ1) is 19.0. The van der Waals surface area contributed by atoms with Crippen LogP contribution in [0, 0.1) is 10.1 Å². The summed E-state index contributed by atoms with van der Waals surface area (Å²) in [5, 5.41) is 14.3. The largest absolute Gasteiger partial charge is 0.444 e. The van der Waals surface area contributed by atoms with Crippen molar-refractivity contribution < 1.29 is 14.5 Å². The fourth-order valence-corrected chi connectivity index (χ4v) is 1.94. The highest BCUT2D eigenvalue weighted by Gasteiger charge is 2.19. The van der Waals surface area contributed by atoms with Crippen LogP contribution in [0.1, 0.15) is 27.2 Å². The average Bonchev–Trinajstić information content (AvgIpc) is 2.42. The molecule has 0 fully saturated rings. The second-order valence-electron chi connectivity index (χ2n) is 6.10. The van der Waals surface area contributed by atoms with E-state index in [2.05, 4.69) is 5.32 Å². The van der Waals surface area contributed by atoms with Gasteiger partial charge in [-0.05, 0) is 39.3 Å². The second kappa shape index (κ2) is 8.01. The molecule has 0 saturated heterocycles. The molecule has 0 unspecified atom stereocenters. The summed E-state index contributed by atoms with van der Waals surface area (Å²) in [5.41, 5.74) is -0.203. The van der Waals surface area contributed by atoms with Gasteiger partial charge in [0.15, 0.2) is 0 Å². The Morgan fingerprint density at radius 3 is 2.65 bits per heavy atom. The van der Waals surface area contributed by atoms with Gasteiger partial charge in [-0.1, -0.05) is 11.6 Å². The fraction of sp³-hybridized carbons (Fsp3) is 0.533. The van der Waals surface area contributed by atoms with Crippen molar-refractivity contribution in [2.24, 2.45) is 0 Å². The second-order valence-corrected chi connectivity index (χ2v) is 6.54. The molecule has 0 aliphatic heterocycles. The Morgan fingerprint density at radius 2 is 2.09 bits per heavy atom. The van der Waals surface area contributed by atoms with Crippen molar-refractivity contribution in [3.63, 3.8) is 0 Å². The van der Waals surface area contributed by atoms with Crippen LogP contribution >= 0.6 is 11.6 Å². The van der Waals surface area contributed by atoms with E-state index >= 15 is 0 Å². The fourth-order valence-electron chi connectivity index (χ4n) is 1.78. The molecule has 1 amide bonds. The number of hydrogen-bond acceptors (Lipinski definition) is 5. The lowest BCUT2D eigenvalue weighted by atomic mass is 10.2.